The van der Waals surface area contributed by atoms with Gasteiger partial charge in [0.1, 0.15) is 0 Å². The number of nitrogens with zero attached hydrogens (tertiary/aromatic N) is 2. The van der Waals surface area contributed by atoms with E-state index in [2.05, 4.69) is 4.90 Å². The van der Waals surface area contributed by atoms with Crippen molar-refractivity contribution in [3.8, 4) is 0 Å². The highest BCUT2D eigenvalue weighted by Gasteiger charge is 2.33. The van der Waals surface area contributed by atoms with Crippen molar-refractivity contribution in [1.82, 2.24) is 9.21 Å². The van der Waals surface area contributed by atoms with Gasteiger partial charge in [0.15, 0.2) is 0 Å². The third-order valence-corrected chi connectivity index (χ3v) is 8.02. The molecule has 2 heterocycles. The van der Waals surface area contributed by atoms with E-state index in [0.717, 1.165) is 43.1 Å². The van der Waals surface area contributed by atoms with E-state index in [1.54, 1.807) is 16.4 Å². The van der Waals surface area contributed by atoms with Crippen molar-refractivity contribution in [2.24, 2.45) is 0 Å². The molecule has 0 aromatic heterocycles. The minimum Gasteiger partial charge on any atom is -0.302 e. The van der Waals surface area contributed by atoms with Crippen LogP contribution < -0.4 is 0 Å². The maximum absolute atomic E-state index is 13.0. The molecule has 0 spiro atoms. The molecule has 4 nitrogen and oxygen atoms in total. The lowest BCUT2D eigenvalue weighted by molar-refractivity contribution is 0.243. The molecule has 0 aliphatic carbocycles. The Bertz CT molecular complexity index is 630. The molecule has 24 heavy (non-hydrogen) atoms. The molecular weight excluding hydrogens is 364 g/mol. The third-order valence-electron chi connectivity index (χ3n) is 4.67. The van der Waals surface area contributed by atoms with Gasteiger partial charge >= 0.3 is 0 Å². The Morgan fingerprint density at radius 2 is 1.79 bits per heavy atom. The molecule has 0 bridgehead atoms. The van der Waals surface area contributed by atoms with E-state index in [1.165, 1.54) is 12.8 Å². The predicted octanol–water partition coefficient (Wildman–Crippen LogP) is 3.07. The number of likely N-dealkylation sites (tertiary alicyclic amines) is 1. The Morgan fingerprint density at radius 1 is 1.08 bits per heavy atom. The number of thioether (sulfide) groups is 1. The zero-order valence-corrected chi connectivity index (χ0v) is 16.3. The third kappa shape index (κ3) is 4.88. The van der Waals surface area contributed by atoms with Gasteiger partial charge in [0, 0.05) is 29.9 Å². The molecule has 0 N–H and O–H groups in total. The average Bonchev–Trinajstić information content (AvgIpc) is 2.93. The first-order valence-corrected chi connectivity index (χ1v) is 11.7. The van der Waals surface area contributed by atoms with Gasteiger partial charge in [-0.25, -0.2) is 8.42 Å². The van der Waals surface area contributed by atoms with Crippen molar-refractivity contribution in [3.05, 3.63) is 34.9 Å². The van der Waals surface area contributed by atoms with E-state index < -0.39 is 10.0 Å². The number of rotatable bonds is 5. The SMILES string of the molecule is O=S(=O)(Cc1ccc(Cl)cc1)N1CCCSC[C@@H]1CN1CCCC1. The monoisotopic (exact) mass is 388 g/mol. The van der Waals surface area contributed by atoms with Gasteiger partial charge in [0.05, 0.1) is 5.75 Å². The molecule has 134 valence electrons. The van der Waals surface area contributed by atoms with Crippen LogP contribution in [0.25, 0.3) is 0 Å². The number of hydrogen-bond acceptors (Lipinski definition) is 4. The number of hydrogen-bond donors (Lipinski definition) is 0. The molecule has 0 unspecified atom stereocenters. The average molecular weight is 389 g/mol. The molecular formula is C17H25ClN2O2S2. The summed E-state index contributed by atoms with van der Waals surface area (Å²) in [5, 5.41) is 0.634. The Morgan fingerprint density at radius 3 is 2.50 bits per heavy atom. The summed E-state index contributed by atoms with van der Waals surface area (Å²) >= 11 is 7.79. The van der Waals surface area contributed by atoms with Crippen molar-refractivity contribution >= 4 is 33.4 Å². The van der Waals surface area contributed by atoms with Crippen LogP contribution in [0.3, 0.4) is 0 Å². The minimum atomic E-state index is -3.31. The van der Waals surface area contributed by atoms with Gasteiger partial charge in [-0.2, -0.15) is 16.1 Å². The fourth-order valence-electron chi connectivity index (χ4n) is 3.45. The summed E-state index contributed by atoms with van der Waals surface area (Å²) in [5.74, 6) is 2.01. The summed E-state index contributed by atoms with van der Waals surface area (Å²) in [7, 11) is -3.31. The largest absolute Gasteiger partial charge is 0.302 e. The highest BCUT2D eigenvalue weighted by molar-refractivity contribution is 7.99. The van der Waals surface area contributed by atoms with Crippen molar-refractivity contribution < 1.29 is 8.42 Å². The maximum Gasteiger partial charge on any atom is 0.218 e. The fraction of sp³-hybridized carbons (Fsp3) is 0.647. The van der Waals surface area contributed by atoms with Crippen LogP contribution in [-0.2, 0) is 15.8 Å². The lowest BCUT2D eigenvalue weighted by Gasteiger charge is -2.31. The van der Waals surface area contributed by atoms with E-state index >= 15 is 0 Å². The maximum atomic E-state index is 13.0. The summed E-state index contributed by atoms with van der Waals surface area (Å²) in [6.07, 6.45) is 3.40. The molecule has 0 radical (unpaired) electrons. The Hall–Kier alpha value is -0.270. The Kier molecular flexibility index (Phi) is 6.49. The lowest BCUT2D eigenvalue weighted by atomic mass is 10.2. The van der Waals surface area contributed by atoms with Gasteiger partial charge in [-0.05, 0) is 55.8 Å². The standard InChI is InChI=1S/C17H25ClN2O2S2/c18-16-6-4-15(5-7-16)14-24(21,22)20-10-3-11-23-13-17(20)12-19-8-1-2-9-19/h4-7,17H,1-3,8-14H2/t17-/m0/s1. The van der Waals surface area contributed by atoms with E-state index in [1.807, 2.05) is 23.9 Å². The van der Waals surface area contributed by atoms with Gasteiger partial charge < -0.3 is 4.90 Å². The molecule has 1 aromatic rings. The summed E-state index contributed by atoms with van der Waals surface area (Å²) in [4.78, 5) is 2.42. The molecule has 7 heteroatoms. The zero-order valence-electron chi connectivity index (χ0n) is 13.9. The highest BCUT2D eigenvalue weighted by Crippen LogP contribution is 2.24. The van der Waals surface area contributed by atoms with Gasteiger partial charge in [-0.1, -0.05) is 23.7 Å². The Balaban J connectivity index is 1.74. The van der Waals surface area contributed by atoms with Gasteiger partial charge in [-0.15, -0.1) is 0 Å². The molecule has 1 atom stereocenters. The van der Waals surface area contributed by atoms with Gasteiger partial charge in [0.2, 0.25) is 10.0 Å². The normalized spacial score (nSPS) is 24.1. The first-order valence-electron chi connectivity index (χ1n) is 8.59. The van der Waals surface area contributed by atoms with Crippen LogP contribution in [0.5, 0.6) is 0 Å². The van der Waals surface area contributed by atoms with Crippen molar-refractivity contribution in [3.63, 3.8) is 0 Å². The predicted molar refractivity (Wildman–Crippen MR) is 102 cm³/mol. The Labute approximate surface area is 154 Å². The highest BCUT2D eigenvalue weighted by atomic mass is 35.5. The fourth-order valence-corrected chi connectivity index (χ4v) is 6.51. The molecule has 2 fully saturated rings. The second kappa shape index (κ2) is 8.41. The van der Waals surface area contributed by atoms with Crippen molar-refractivity contribution in [2.75, 3.05) is 37.7 Å². The van der Waals surface area contributed by atoms with Crippen LogP contribution in [0.2, 0.25) is 5.02 Å². The van der Waals surface area contributed by atoms with Crippen LogP contribution in [0.15, 0.2) is 24.3 Å². The second-order valence-electron chi connectivity index (χ2n) is 6.58. The van der Waals surface area contributed by atoms with Gasteiger partial charge in [-0.3, -0.25) is 0 Å². The molecule has 0 amide bonds. The summed E-state index contributed by atoms with van der Waals surface area (Å²) in [6.45, 7) is 3.72. The molecule has 1 aromatic carbocycles. The zero-order chi connectivity index (χ0) is 17.0. The van der Waals surface area contributed by atoms with E-state index in [-0.39, 0.29) is 11.8 Å². The van der Waals surface area contributed by atoms with E-state index in [4.69, 9.17) is 11.6 Å². The van der Waals surface area contributed by atoms with Crippen LogP contribution in [0.4, 0.5) is 0 Å². The quantitative estimate of drug-likeness (QED) is 0.777. The van der Waals surface area contributed by atoms with E-state index in [9.17, 15) is 8.42 Å². The summed E-state index contributed by atoms with van der Waals surface area (Å²) < 4.78 is 27.9. The van der Waals surface area contributed by atoms with Crippen LogP contribution >= 0.6 is 23.4 Å². The number of halogens is 1. The first kappa shape index (κ1) is 18.5. The molecule has 3 rings (SSSR count). The first-order chi connectivity index (χ1) is 11.5. The van der Waals surface area contributed by atoms with Crippen molar-refractivity contribution in [2.45, 2.75) is 31.1 Å². The molecule has 0 saturated carbocycles. The van der Waals surface area contributed by atoms with E-state index in [0.29, 0.717) is 11.6 Å². The van der Waals surface area contributed by atoms with Crippen LogP contribution in [-0.4, -0.2) is 61.3 Å². The van der Waals surface area contributed by atoms with Crippen LogP contribution in [0, 0.1) is 0 Å². The van der Waals surface area contributed by atoms with Crippen LogP contribution in [0.1, 0.15) is 24.8 Å². The lowest BCUT2D eigenvalue weighted by Crippen LogP contribution is -2.47. The number of benzene rings is 1. The summed E-state index contributed by atoms with van der Waals surface area (Å²) in [5.41, 5.74) is 0.802. The molecule has 2 aliphatic heterocycles. The summed E-state index contributed by atoms with van der Waals surface area (Å²) in [6, 6.07) is 7.22. The molecule has 2 aliphatic rings. The molecule has 2 saturated heterocycles. The smallest absolute Gasteiger partial charge is 0.218 e. The van der Waals surface area contributed by atoms with Crippen molar-refractivity contribution in [1.29, 1.82) is 0 Å². The van der Waals surface area contributed by atoms with Gasteiger partial charge in [0.25, 0.3) is 0 Å². The second-order valence-corrected chi connectivity index (χ2v) is 10.1. The topological polar surface area (TPSA) is 40.6 Å². The minimum absolute atomic E-state index is 0.0608. The number of sulfonamides is 1.